The molecule has 3 nitrogen and oxygen atoms in total. The van der Waals surface area contributed by atoms with Gasteiger partial charge in [-0.2, -0.15) is 11.8 Å². The van der Waals surface area contributed by atoms with Crippen LogP contribution in [-0.4, -0.2) is 30.8 Å². The first-order chi connectivity index (χ1) is 7.69. The van der Waals surface area contributed by atoms with Crippen molar-refractivity contribution in [1.82, 2.24) is 0 Å². The molecular formula is C12H18O3S. The lowest BCUT2D eigenvalue weighted by molar-refractivity contribution is 0.198. The van der Waals surface area contributed by atoms with E-state index in [-0.39, 0.29) is 0 Å². The Labute approximate surface area is 101 Å². The number of methoxy groups -OCH3 is 1. The van der Waals surface area contributed by atoms with E-state index < -0.39 is 6.10 Å². The van der Waals surface area contributed by atoms with Gasteiger partial charge in [0.2, 0.25) is 0 Å². The predicted molar refractivity (Wildman–Crippen MR) is 67.5 cm³/mol. The molecule has 1 atom stereocenters. The second-order valence-corrected chi connectivity index (χ2v) is 4.41. The van der Waals surface area contributed by atoms with Crippen LogP contribution in [0.5, 0.6) is 11.5 Å². The van der Waals surface area contributed by atoms with Gasteiger partial charge in [0, 0.05) is 5.75 Å². The SMILES string of the molecule is COc1cc([C@H](C)O)ccc1OCCSC. The Hall–Kier alpha value is -0.870. The van der Waals surface area contributed by atoms with Gasteiger partial charge in [-0.3, -0.25) is 0 Å². The van der Waals surface area contributed by atoms with Crippen molar-refractivity contribution >= 4 is 11.8 Å². The van der Waals surface area contributed by atoms with Crippen molar-refractivity contribution in [1.29, 1.82) is 0 Å². The van der Waals surface area contributed by atoms with E-state index >= 15 is 0 Å². The highest BCUT2D eigenvalue weighted by atomic mass is 32.2. The molecule has 0 heterocycles. The molecule has 1 aromatic carbocycles. The molecular weight excluding hydrogens is 224 g/mol. The van der Waals surface area contributed by atoms with E-state index in [1.165, 1.54) is 0 Å². The van der Waals surface area contributed by atoms with E-state index in [0.29, 0.717) is 12.4 Å². The van der Waals surface area contributed by atoms with Crippen LogP contribution >= 0.6 is 11.8 Å². The Morgan fingerprint density at radius 2 is 2.12 bits per heavy atom. The molecule has 0 spiro atoms. The van der Waals surface area contributed by atoms with Crippen LogP contribution in [0, 0.1) is 0 Å². The standard InChI is InChI=1S/C12H18O3S/c1-9(13)10-4-5-11(12(8-10)14-2)15-6-7-16-3/h4-5,8-9,13H,6-7H2,1-3H3/t9-/m0/s1. The number of ether oxygens (including phenoxy) is 2. The molecule has 4 heteroatoms. The molecule has 1 aromatic rings. The average molecular weight is 242 g/mol. The van der Waals surface area contributed by atoms with Gasteiger partial charge in [-0.1, -0.05) is 6.07 Å². The molecule has 0 amide bonds. The molecule has 0 radical (unpaired) electrons. The topological polar surface area (TPSA) is 38.7 Å². The van der Waals surface area contributed by atoms with Crippen LogP contribution in [0.4, 0.5) is 0 Å². The Morgan fingerprint density at radius 1 is 1.38 bits per heavy atom. The zero-order valence-electron chi connectivity index (χ0n) is 9.90. The fourth-order valence-corrected chi connectivity index (χ4v) is 1.55. The van der Waals surface area contributed by atoms with Crippen LogP contribution in [0.2, 0.25) is 0 Å². The third-order valence-corrected chi connectivity index (χ3v) is 2.79. The van der Waals surface area contributed by atoms with Gasteiger partial charge < -0.3 is 14.6 Å². The van der Waals surface area contributed by atoms with Gasteiger partial charge in [0.25, 0.3) is 0 Å². The van der Waals surface area contributed by atoms with Crippen molar-refractivity contribution in [3.05, 3.63) is 23.8 Å². The lowest BCUT2D eigenvalue weighted by Gasteiger charge is -2.12. The first-order valence-corrected chi connectivity index (χ1v) is 6.56. The number of rotatable bonds is 6. The minimum absolute atomic E-state index is 0.492. The van der Waals surface area contributed by atoms with Crippen molar-refractivity contribution in [2.45, 2.75) is 13.0 Å². The van der Waals surface area contributed by atoms with Crippen LogP contribution in [0.1, 0.15) is 18.6 Å². The number of thioether (sulfide) groups is 1. The molecule has 0 aliphatic rings. The molecule has 0 aliphatic carbocycles. The van der Waals surface area contributed by atoms with Crippen molar-refractivity contribution in [3.8, 4) is 11.5 Å². The summed E-state index contributed by atoms with van der Waals surface area (Å²) in [5.74, 6) is 2.34. The molecule has 1 N–H and O–H groups in total. The summed E-state index contributed by atoms with van der Waals surface area (Å²) in [6.07, 6.45) is 1.55. The normalized spacial score (nSPS) is 12.2. The van der Waals surface area contributed by atoms with Gasteiger partial charge in [0.05, 0.1) is 19.8 Å². The van der Waals surface area contributed by atoms with Crippen LogP contribution in [-0.2, 0) is 0 Å². The fraction of sp³-hybridized carbons (Fsp3) is 0.500. The maximum Gasteiger partial charge on any atom is 0.161 e. The molecule has 0 saturated heterocycles. The van der Waals surface area contributed by atoms with Gasteiger partial charge in [-0.25, -0.2) is 0 Å². The summed E-state index contributed by atoms with van der Waals surface area (Å²) in [5.41, 5.74) is 0.828. The summed E-state index contributed by atoms with van der Waals surface area (Å²) in [7, 11) is 1.60. The van der Waals surface area contributed by atoms with Gasteiger partial charge in [-0.15, -0.1) is 0 Å². The minimum Gasteiger partial charge on any atom is -0.493 e. The van der Waals surface area contributed by atoms with Gasteiger partial charge in [-0.05, 0) is 30.9 Å². The van der Waals surface area contributed by atoms with Crippen LogP contribution in [0.15, 0.2) is 18.2 Å². The van der Waals surface area contributed by atoms with E-state index in [4.69, 9.17) is 9.47 Å². The number of aliphatic hydroxyl groups excluding tert-OH is 1. The molecule has 0 bridgehead atoms. The molecule has 90 valence electrons. The smallest absolute Gasteiger partial charge is 0.161 e. The summed E-state index contributed by atoms with van der Waals surface area (Å²) < 4.78 is 10.8. The molecule has 16 heavy (non-hydrogen) atoms. The van der Waals surface area contributed by atoms with E-state index in [0.717, 1.165) is 17.1 Å². The highest BCUT2D eigenvalue weighted by Crippen LogP contribution is 2.30. The first kappa shape index (κ1) is 13.2. The van der Waals surface area contributed by atoms with Gasteiger partial charge in [0.15, 0.2) is 11.5 Å². The third kappa shape index (κ3) is 3.61. The van der Waals surface area contributed by atoms with E-state index in [2.05, 4.69) is 0 Å². The summed E-state index contributed by atoms with van der Waals surface area (Å²) in [6.45, 7) is 2.38. The lowest BCUT2D eigenvalue weighted by atomic mass is 10.1. The first-order valence-electron chi connectivity index (χ1n) is 5.16. The third-order valence-electron chi connectivity index (χ3n) is 2.22. The zero-order chi connectivity index (χ0) is 12.0. The number of benzene rings is 1. The van der Waals surface area contributed by atoms with Crippen molar-refractivity contribution < 1.29 is 14.6 Å². The van der Waals surface area contributed by atoms with Crippen LogP contribution in [0.25, 0.3) is 0 Å². The van der Waals surface area contributed by atoms with Crippen LogP contribution < -0.4 is 9.47 Å². The van der Waals surface area contributed by atoms with Crippen molar-refractivity contribution in [3.63, 3.8) is 0 Å². The second-order valence-electron chi connectivity index (χ2n) is 3.43. The summed E-state index contributed by atoms with van der Waals surface area (Å²) in [6, 6.07) is 5.49. The fourth-order valence-electron chi connectivity index (χ4n) is 1.30. The number of hydrogen-bond acceptors (Lipinski definition) is 4. The maximum atomic E-state index is 9.45. The summed E-state index contributed by atoms with van der Waals surface area (Å²) in [4.78, 5) is 0. The van der Waals surface area contributed by atoms with Gasteiger partial charge >= 0.3 is 0 Å². The number of hydrogen-bond donors (Lipinski definition) is 1. The molecule has 0 aliphatic heterocycles. The molecule has 0 unspecified atom stereocenters. The summed E-state index contributed by atoms with van der Waals surface area (Å²) in [5, 5.41) is 9.45. The average Bonchev–Trinajstić information content (AvgIpc) is 2.29. The molecule has 0 aromatic heterocycles. The lowest BCUT2D eigenvalue weighted by Crippen LogP contribution is -2.02. The Morgan fingerprint density at radius 3 is 2.69 bits per heavy atom. The van der Waals surface area contributed by atoms with E-state index in [1.807, 2.05) is 18.4 Å². The minimum atomic E-state index is -0.492. The van der Waals surface area contributed by atoms with Crippen molar-refractivity contribution in [2.24, 2.45) is 0 Å². The quantitative estimate of drug-likeness (QED) is 0.778. The largest absolute Gasteiger partial charge is 0.493 e. The van der Waals surface area contributed by atoms with E-state index in [1.54, 1.807) is 31.9 Å². The second kappa shape index (κ2) is 6.66. The van der Waals surface area contributed by atoms with Crippen LogP contribution in [0.3, 0.4) is 0 Å². The molecule has 0 fully saturated rings. The highest BCUT2D eigenvalue weighted by Gasteiger charge is 2.08. The highest BCUT2D eigenvalue weighted by molar-refractivity contribution is 7.98. The van der Waals surface area contributed by atoms with Crippen molar-refractivity contribution in [2.75, 3.05) is 25.7 Å². The monoisotopic (exact) mass is 242 g/mol. The zero-order valence-corrected chi connectivity index (χ0v) is 10.7. The Balaban J connectivity index is 2.76. The predicted octanol–water partition coefficient (Wildman–Crippen LogP) is 2.49. The Bertz CT molecular complexity index is 326. The van der Waals surface area contributed by atoms with Gasteiger partial charge in [0.1, 0.15) is 0 Å². The summed E-state index contributed by atoms with van der Waals surface area (Å²) >= 11 is 1.74. The maximum absolute atomic E-state index is 9.45. The van der Waals surface area contributed by atoms with E-state index in [9.17, 15) is 5.11 Å². The Kier molecular flexibility index (Phi) is 5.49. The number of aliphatic hydroxyl groups is 1. The molecule has 0 saturated carbocycles. The molecule has 1 rings (SSSR count).